The van der Waals surface area contributed by atoms with Gasteiger partial charge in [0.2, 0.25) is 5.78 Å². The lowest BCUT2D eigenvalue weighted by Gasteiger charge is -2.30. The first-order valence-corrected chi connectivity index (χ1v) is 11.9. The molecule has 0 aliphatic rings. The molecule has 0 aliphatic heterocycles. The molecule has 192 valence electrons. The first-order chi connectivity index (χ1) is 17.2. The van der Waals surface area contributed by atoms with Crippen molar-refractivity contribution >= 4 is 23.6 Å². The van der Waals surface area contributed by atoms with E-state index in [1.54, 1.807) is 17.1 Å². The maximum atomic E-state index is 12.9. The van der Waals surface area contributed by atoms with Crippen LogP contribution >= 0.6 is 0 Å². The van der Waals surface area contributed by atoms with Crippen molar-refractivity contribution in [3.8, 4) is 11.3 Å². The maximum absolute atomic E-state index is 12.9. The molecule has 3 N–H and O–H groups in total. The summed E-state index contributed by atoms with van der Waals surface area (Å²) in [5.41, 5.74) is 1.30. The number of Topliss-reactive ketones (excluding diaryl/α,β-unsaturated/α-hetero) is 1. The molecule has 0 unspecified atom stereocenters. The number of pyridine rings is 1. The topological polar surface area (TPSA) is 144 Å². The molecule has 11 nitrogen and oxygen atoms in total. The zero-order chi connectivity index (χ0) is 26.1. The summed E-state index contributed by atoms with van der Waals surface area (Å²) in [6, 6.07) is 6.13. The number of carbonyl (C=O) groups excluding carboxylic acids is 3. The van der Waals surface area contributed by atoms with Gasteiger partial charge >= 0.3 is 6.09 Å². The van der Waals surface area contributed by atoms with Crippen LogP contribution in [-0.2, 0) is 20.9 Å². The Bertz CT molecular complexity index is 1140. The van der Waals surface area contributed by atoms with Gasteiger partial charge in [-0.25, -0.2) is 4.79 Å². The second-order valence-electron chi connectivity index (χ2n) is 9.55. The number of aromatic amines is 1. The molecule has 0 aromatic carbocycles. The van der Waals surface area contributed by atoms with Gasteiger partial charge in [-0.05, 0) is 24.6 Å². The third kappa shape index (κ3) is 7.49. The molecule has 2 amide bonds. The number of amides is 2. The van der Waals surface area contributed by atoms with E-state index in [9.17, 15) is 14.4 Å². The van der Waals surface area contributed by atoms with Crippen LogP contribution < -0.4 is 10.6 Å². The van der Waals surface area contributed by atoms with Crippen LogP contribution in [0.4, 0.5) is 10.6 Å². The zero-order valence-electron chi connectivity index (χ0n) is 21.0. The highest BCUT2D eigenvalue weighted by atomic mass is 16.6. The van der Waals surface area contributed by atoms with E-state index in [1.807, 2.05) is 52.1 Å². The molecule has 3 heterocycles. The van der Waals surface area contributed by atoms with Crippen LogP contribution in [0.1, 0.15) is 47.0 Å². The fourth-order valence-corrected chi connectivity index (χ4v) is 3.45. The van der Waals surface area contributed by atoms with Crippen LogP contribution in [0, 0.1) is 5.41 Å². The number of anilines is 1. The summed E-state index contributed by atoms with van der Waals surface area (Å²) in [7, 11) is 0. The Balaban J connectivity index is 1.66. The fraction of sp³-hybridized carbons (Fsp3) is 0.440. The van der Waals surface area contributed by atoms with Crippen LogP contribution in [0.25, 0.3) is 11.3 Å². The van der Waals surface area contributed by atoms with Gasteiger partial charge in [0.05, 0.1) is 18.4 Å². The number of nitrogens with one attached hydrogen (secondary N) is 3. The van der Waals surface area contributed by atoms with Crippen LogP contribution in [0.2, 0.25) is 0 Å². The zero-order valence-corrected chi connectivity index (χ0v) is 21.0. The second kappa shape index (κ2) is 12.1. The van der Waals surface area contributed by atoms with Gasteiger partial charge in [0.25, 0.3) is 5.91 Å². The summed E-state index contributed by atoms with van der Waals surface area (Å²) in [6.45, 7) is 8.14. The highest BCUT2D eigenvalue weighted by molar-refractivity contribution is 6.42. The standard InChI is InChI=1S/C25H33N7O4/c1-5-6-7-19(22(33)23(34)29-21-10-14-27-30-21)28-24(35)36-20(25(2,3)4)16-32-15-11-18(31-32)17-8-12-26-13-9-17/h8-15,19-20H,5-7,16H2,1-4H3,(H,28,35)(H2,27,29,30,34)/t19-,20+/m0/s1. The molecule has 36 heavy (non-hydrogen) atoms. The van der Waals surface area contributed by atoms with Crippen LogP contribution in [0.3, 0.4) is 0 Å². The van der Waals surface area contributed by atoms with E-state index in [-0.39, 0.29) is 0 Å². The molecule has 3 aromatic heterocycles. The van der Waals surface area contributed by atoms with Gasteiger partial charge in [0, 0.05) is 35.6 Å². The lowest BCUT2D eigenvalue weighted by molar-refractivity contribution is -0.136. The minimum atomic E-state index is -1.01. The lowest BCUT2D eigenvalue weighted by atomic mass is 9.89. The number of aromatic nitrogens is 5. The van der Waals surface area contributed by atoms with Gasteiger partial charge in [-0.3, -0.25) is 24.4 Å². The number of H-pyrrole nitrogens is 1. The summed E-state index contributed by atoms with van der Waals surface area (Å²) in [5.74, 6) is -1.30. The molecule has 0 spiro atoms. The van der Waals surface area contributed by atoms with E-state index in [2.05, 4.69) is 30.9 Å². The second-order valence-corrected chi connectivity index (χ2v) is 9.55. The van der Waals surface area contributed by atoms with Crippen LogP contribution in [-0.4, -0.2) is 54.9 Å². The van der Waals surface area contributed by atoms with Crippen molar-refractivity contribution in [2.45, 2.75) is 65.6 Å². The van der Waals surface area contributed by atoms with Crippen LogP contribution in [0.15, 0.2) is 49.1 Å². The van der Waals surface area contributed by atoms with Crippen LogP contribution in [0.5, 0.6) is 0 Å². The highest BCUT2D eigenvalue weighted by Crippen LogP contribution is 2.25. The van der Waals surface area contributed by atoms with Gasteiger partial charge < -0.3 is 15.4 Å². The van der Waals surface area contributed by atoms with Gasteiger partial charge in [-0.2, -0.15) is 10.2 Å². The Morgan fingerprint density at radius 3 is 2.50 bits per heavy atom. The molecular weight excluding hydrogens is 462 g/mol. The third-order valence-electron chi connectivity index (χ3n) is 5.61. The maximum Gasteiger partial charge on any atom is 0.408 e. The number of alkyl carbamates (subject to hydrolysis) is 1. The van der Waals surface area contributed by atoms with Crippen molar-refractivity contribution in [2.75, 3.05) is 5.32 Å². The fourth-order valence-electron chi connectivity index (χ4n) is 3.45. The Morgan fingerprint density at radius 1 is 1.11 bits per heavy atom. The first kappa shape index (κ1) is 26.6. The predicted octanol–water partition coefficient (Wildman–Crippen LogP) is 3.58. The largest absolute Gasteiger partial charge is 0.444 e. The lowest BCUT2D eigenvalue weighted by Crippen LogP contribution is -2.48. The van der Waals surface area contributed by atoms with E-state index in [0.717, 1.165) is 17.7 Å². The average molecular weight is 496 g/mol. The minimum Gasteiger partial charge on any atom is -0.444 e. The van der Waals surface area contributed by atoms with Crippen molar-refractivity contribution in [1.29, 1.82) is 0 Å². The summed E-state index contributed by atoms with van der Waals surface area (Å²) < 4.78 is 7.48. The van der Waals surface area contributed by atoms with Gasteiger partial charge in [0.15, 0.2) is 0 Å². The molecule has 0 bridgehead atoms. The molecule has 2 atom stereocenters. The number of rotatable bonds is 11. The van der Waals surface area contributed by atoms with E-state index in [0.29, 0.717) is 25.2 Å². The Hall–Kier alpha value is -4.02. The Kier molecular flexibility index (Phi) is 8.93. The summed E-state index contributed by atoms with van der Waals surface area (Å²) in [4.78, 5) is 42.1. The number of hydrogen-bond acceptors (Lipinski definition) is 7. The van der Waals surface area contributed by atoms with E-state index < -0.39 is 35.3 Å². The number of nitrogens with zero attached hydrogens (tertiary/aromatic N) is 4. The average Bonchev–Trinajstić information content (AvgIpc) is 3.53. The predicted molar refractivity (Wildman–Crippen MR) is 134 cm³/mol. The van der Waals surface area contributed by atoms with E-state index in [4.69, 9.17) is 4.74 Å². The smallest absolute Gasteiger partial charge is 0.408 e. The monoisotopic (exact) mass is 495 g/mol. The SMILES string of the molecule is CCCC[C@H](NC(=O)O[C@H](Cn1ccc(-c2ccncc2)n1)C(C)(C)C)C(=O)C(=O)Nc1ccn[nH]1. The van der Waals surface area contributed by atoms with Crippen molar-refractivity contribution in [1.82, 2.24) is 30.3 Å². The number of ether oxygens (including phenoxy) is 1. The number of carbonyl (C=O) groups is 3. The third-order valence-corrected chi connectivity index (χ3v) is 5.61. The number of unbranched alkanes of at least 4 members (excludes halogenated alkanes) is 1. The summed E-state index contributed by atoms with van der Waals surface area (Å²) >= 11 is 0. The normalized spacial score (nSPS) is 13.0. The quantitative estimate of drug-likeness (QED) is 0.345. The molecule has 0 fully saturated rings. The van der Waals surface area contributed by atoms with Gasteiger partial charge in [-0.1, -0.05) is 40.5 Å². The molecule has 0 radical (unpaired) electrons. The molecule has 0 saturated carbocycles. The van der Waals surface area contributed by atoms with E-state index >= 15 is 0 Å². The number of hydrogen-bond donors (Lipinski definition) is 3. The molecule has 3 rings (SSSR count). The van der Waals surface area contributed by atoms with Gasteiger partial charge in [-0.15, -0.1) is 0 Å². The van der Waals surface area contributed by atoms with Crippen molar-refractivity contribution in [3.05, 3.63) is 49.1 Å². The molecular formula is C25H33N7O4. The van der Waals surface area contributed by atoms with Crippen molar-refractivity contribution in [2.24, 2.45) is 5.41 Å². The Labute approximate surface area is 210 Å². The van der Waals surface area contributed by atoms with Crippen molar-refractivity contribution in [3.63, 3.8) is 0 Å². The highest BCUT2D eigenvalue weighted by Gasteiger charge is 2.32. The molecule has 11 heteroatoms. The Morgan fingerprint density at radius 2 is 1.86 bits per heavy atom. The minimum absolute atomic E-state index is 0.295. The number of ketones is 1. The van der Waals surface area contributed by atoms with Crippen molar-refractivity contribution < 1.29 is 19.1 Å². The summed E-state index contributed by atoms with van der Waals surface area (Å²) in [6.07, 6.45) is 7.13. The first-order valence-electron chi connectivity index (χ1n) is 11.9. The molecule has 0 aliphatic carbocycles. The molecule has 0 saturated heterocycles. The van der Waals surface area contributed by atoms with Gasteiger partial charge in [0.1, 0.15) is 18.0 Å². The molecule has 3 aromatic rings. The summed E-state index contributed by atoms with van der Waals surface area (Å²) in [5, 5.41) is 15.9. The van der Waals surface area contributed by atoms with E-state index in [1.165, 1.54) is 12.3 Å².